The maximum Gasteiger partial charge on any atom is 0.132 e. The van der Waals surface area contributed by atoms with Crippen molar-refractivity contribution in [1.82, 2.24) is 4.57 Å². The van der Waals surface area contributed by atoms with Crippen molar-refractivity contribution in [3.8, 4) is 0 Å². The van der Waals surface area contributed by atoms with Gasteiger partial charge in [0.2, 0.25) is 0 Å². The van der Waals surface area contributed by atoms with Crippen molar-refractivity contribution in [1.29, 1.82) is 0 Å². The lowest BCUT2D eigenvalue weighted by Crippen LogP contribution is -2.14. The van der Waals surface area contributed by atoms with Crippen LogP contribution in [0.1, 0.15) is 0 Å². The Balaban J connectivity index is 2.51. The van der Waals surface area contributed by atoms with Crippen molar-refractivity contribution in [2.24, 2.45) is 12.0 Å². The van der Waals surface area contributed by atoms with Crippen LogP contribution in [0.4, 0.5) is 5.69 Å². The van der Waals surface area contributed by atoms with Crippen LogP contribution in [-0.2, 0) is 7.05 Å². The summed E-state index contributed by atoms with van der Waals surface area (Å²) in [5, 5.41) is 0. The van der Waals surface area contributed by atoms with Crippen LogP contribution in [0.2, 0.25) is 0 Å². The zero-order valence-electron chi connectivity index (χ0n) is 8.09. The van der Waals surface area contributed by atoms with E-state index in [1.165, 1.54) is 0 Å². The molecule has 0 aliphatic heterocycles. The van der Waals surface area contributed by atoms with E-state index in [-0.39, 0.29) is 0 Å². The van der Waals surface area contributed by atoms with Gasteiger partial charge in [0, 0.05) is 13.2 Å². The third-order valence-corrected chi connectivity index (χ3v) is 2.03. The first-order valence-electron chi connectivity index (χ1n) is 4.58. The molecule has 0 N–H and O–H groups in total. The molecule has 70 valence electrons. The van der Waals surface area contributed by atoms with E-state index in [0.29, 0.717) is 0 Å². The molecule has 2 rings (SSSR count). The number of nitrogens with zero attached hydrogens (tertiary/aromatic N) is 2. The number of aryl methyl sites for hydroxylation is 1. The van der Waals surface area contributed by atoms with Gasteiger partial charge in [0.25, 0.3) is 0 Å². The fourth-order valence-electron chi connectivity index (χ4n) is 1.27. The smallest absolute Gasteiger partial charge is 0.132 e. The van der Waals surface area contributed by atoms with Crippen LogP contribution in [0.5, 0.6) is 0 Å². The first kappa shape index (κ1) is 8.75. The molecule has 14 heavy (non-hydrogen) atoms. The molecule has 0 bridgehead atoms. The standard InChI is InChI=1S/C12H12N2/c1-14-10-6-5-9-12(14)13-11-7-3-2-4-8-11/h2-10H,1H3. The second kappa shape index (κ2) is 3.92. The van der Waals surface area contributed by atoms with E-state index in [4.69, 9.17) is 0 Å². The molecule has 0 amide bonds. The zero-order valence-corrected chi connectivity index (χ0v) is 8.09. The molecule has 2 heteroatoms. The quantitative estimate of drug-likeness (QED) is 0.647. The molecule has 0 unspecified atom stereocenters. The highest BCUT2D eigenvalue weighted by Crippen LogP contribution is 2.07. The normalized spacial score (nSPS) is 11.6. The number of aromatic nitrogens is 1. The van der Waals surface area contributed by atoms with Gasteiger partial charge in [-0.05, 0) is 24.3 Å². The van der Waals surface area contributed by atoms with Gasteiger partial charge in [-0.25, -0.2) is 4.99 Å². The van der Waals surface area contributed by atoms with Gasteiger partial charge in [0.05, 0.1) is 5.69 Å². The van der Waals surface area contributed by atoms with Crippen LogP contribution in [0.25, 0.3) is 0 Å². The predicted molar refractivity (Wildman–Crippen MR) is 57.1 cm³/mol. The van der Waals surface area contributed by atoms with Gasteiger partial charge in [-0.1, -0.05) is 24.3 Å². The number of para-hydroxylation sites is 1. The molecule has 0 saturated heterocycles. The van der Waals surface area contributed by atoms with Crippen LogP contribution in [0, 0.1) is 0 Å². The first-order chi connectivity index (χ1) is 6.86. The van der Waals surface area contributed by atoms with E-state index >= 15 is 0 Å². The second-order valence-corrected chi connectivity index (χ2v) is 3.12. The van der Waals surface area contributed by atoms with Crippen molar-refractivity contribution in [2.45, 2.75) is 0 Å². The van der Waals surface area contributed by atoms with Crippen molar-refractivity contribution >= 4 is 5.69 Å². The van der Waals surface area contributed by atoms with E-state index in [1.807, 2.05) is 66.3 Å². The van der Waals surface area contributed by atoms with E-state index in [2.05, 4.69) is 4.99 Å². The lowest BCUT2D eigenvalue weighted by molar-refractivity contribution is 0.835. The summed E-state index contributed by atoms with van der Waals surface area (Å²) in [5.41, 5.74) is 1.94. The van der Waals surface area contributed by atoms with Crippen molar-refractivity contribution in [3.63, 3.8) is 0 Å². The Hall–Kier alpha value is -1.83. The van der Waals surface area contributed by atoms with Gasteiger partial charge in [-0.2, -0.15) is 0 Å². The van der Waals surface area contributed by atoms with Crippen molar-refractivity contribution < 1.29 is 0 Å². The molecule has 0 aliphatic rings. The fraction of sp³-hybridized carbons (Fsp3) is 0.0833. The molecule has 0 fully saturated rings. The average molecular weight is 184 g/mol. The summed E-state index contributed by atoms with van der Waals surface area (Å²) in [7, 11) is 1.99. The van der Waals surface area contributed by atoms with Gasteiger partial charge in [0.15, 0.2) is 0 Å². The van der Waals surface area contributed by atoms with Gasteiger partial charge in [0.1, 0.15) is 5.49 Å². The number of hydrogen-bond donors (Lipinski definition) is 0. The number of hydrogen-bond acceptors (Lipinski definition) is 1. The summed E-state index contributed by atoms with van der Waals surface area (Å²) in [6.07, 6.45) is 1.99. The Labute approximate surface area is 83.2 Å². The third kappa shape index (κ3) is 1.91. The molecule has 0 saturated carbocycles. The third-order valence-electron chi connectivity index (χ3n) is 2.03. The summed E-state index contributed by atoms with van der Waals surface area (Å²) >= 11 is 0. The Morgan fingerprint density at radius 1 is 0.929 bits per heavy atom. The molecule has 1 aromatic heterocycles. The molecule has 2 aromatic rings. The van der Waals surface area contributed by atoms with Crippen LogP contribution >= 0.6 is 0 Å². The molecule has 0 spiro atoms. The monoisotopic (exact) mass is 184 g/mol. The van der Waals surface area contributed by atoms with Gasteiger partial charge in [-0.15, -0.1) is 0 Å². The summed E-state index contributed by atoms with van der Waals surface area (Å²) in [6, 6.07) is 15.9. The van der Waals surface area contributed by atoms with E-state index in [9.17, 15) is 0 Å². The molecule has 0 aliphatic carbocycles. The maximum absolute atomic E-state index is 4.50. The Morgan fingerprint density at radius 3 is 2.36 bits per heavy atom. The highest BCUT2D eigenvalue weighted by Gasteiger charge is 1.86. The highest BCUT2D eigenvalue weighted by molar-refractivity contribution is 5.35. The average Bonchev–Trinajstić information content (AvgIpc) is 2.23. The van der Waals surface area contributed by atoms with Gasteiger partial charge >= 0.3 is 0 Å². The maximum atomic E-state index is 4.50. The van der Waals surface area contributed by atoms with Gasteiger partial charge < -0.3 is 4.57 Å². The largest absolute Gasteiger partial charge is 0.336 e. The molecular weight excluding hydrogens is 172 g/mol. The Morgan fingerprint density at radius 2 is 1.64 bits per heavy atom. The lowest BCUT2D eigenvalue weighted by atomic mass is 10.3. The highest BCUT2D eigenvalue weighted by atomic mass is 15.0. The minimum Gasteiger partial charge on any atom is -0.336 e. The fourth-order valence-corrected chi connectivity index (χ4v) is 1.27. The predicted octanol–water partition coefficient (Wildman–Crippen LogP) is 2.26. The molecule has 0 radical (unpaired) electrons. The molecule has 2 nitrogen and oxygen atoms in total. The van der Waals surface area contributed by atoms with E-state index in [1.54, 1.807) is 0 Å². The van der Waals surface area contributed by atoms with E-state index in [0.717, 1.165) is 11.2 Å². The Kier molecular flexibility index (Phi) is 2.45. The van der Waals surface area contributed by atoms with Crippen LogP contribution in [0.3, 0.4) is 0 Å². The summed E-state index contributed by atoms with van der Waals surface area (Å²) in [5.74, 6) is 0. The first-order valence-corrected chi connectivity index (χ1v) is 4.58. The minimum absolute atomic E-state index is 0.957. The molecule has 1 aromatic carbocycles. The molecular formula is C12H12N2. The van der Waals surface area contributed by atoms with Crippen molar-refractivity contribution in [3.05, 3.63) is 60.2 Å². The van der Waals surface area contributed by atoms with Crippen molar-refractivity contribution in [2.75, 3.05) is 0 Å². The number of pyridine rings is 1. The summed E-state index contributed by atoms with van der Waals surface area (Å²) in [4.78, 5) is 4.50. The minimum atomic E-state index is 0.957. The number of rotatable bonds is 1. The van der Waals surface area contributed by atoms with Crippen LogP contribution in [0.15, 0.2) is 59.7 Å². The van der Waals surface area contributed by atoms with E-state index < -0.39 is 0 Å². The van der Waals surface area contributed by atoms with Gasteiger partial charge in [-0.3, -0.25) is 0 Å². The Bertz CT molecular complexity index is 469. The lowest BCUT2D eigenvalue weighted by Gasteiger charge is -1.98. The zero-order chi connectivity index (χ0) is 9.80. The summed E-state index contributed by atoms with van der Waals surface area (Å²) in [6.45, 7) is 0. The molecule has 1 heterocycles. The van der Waals surface area contributed by atoms with Crippen LogP contribution < -0.4 is 5.49 Å². The molecule has 0 atom stereocenters. The van der Waals surface area contributed by atoms with Crippen LogP contribution in [-0.4, -0.2) is 4.57 Å². The summed E-state index contributed by atoms with van der Waals surface area (Å²) < 4.78 is 1.99. The topological polar surface area (TPSA) is 17.3 Å². The number of benzene rings is 1. The second-order valence-electron chi connectivity index (χ2n) is 3.12. The SMILES string of the molecule is Cn1ccccc1=Nc1ccccc1.